The Kier molecular flexibility index (Phi) is 3.45. The zero-order chi connectivity index (χ0) is 17.6. The topological polar surface area (TPSA) is 89.1 Å². The lowest BCUT2D eigenvalue weighted by Gasteiger charge is -2.09. The molecule has 0 saturated carbocycles. The molecule has 0 atom stereocenters. The van der Waals surface area contributed by atoms with Gasteiger partial charge in [0.1, 0.15) is 24.1 Å². The van der Waals surface area contributed by atoms with Gasteiger partial charge in [0.25, 0.3) is 5.56 Å². The molecule has 0 saturated heterocycles. The summed E-state index contributed by atoms with van der Waals surface area (Å²) in [5, 5.41) is 3.94. The summed E-state index contributed by atoms with van der Waals surface area (Å²) in [5.41, 5.74) is 1.95. The number of fused-ring (bicyclic) bond motifs is 1. The highest BCUT2D eigenvalue weighted by molar-refractivity contribution is 5.64. The van der Waals surface area contributed by atoms with Gasteiger partial charge < -0.3 is 9.40 Å². The highest BCUT2D eigenvalue weighted by Crippen LogP contribution is 2.27. The smallest absolute Gasteiger partial charge is 0.279 e. The second kappa shape index (κ2) is 5.66. The first-order valence-corrected chi connectivity index (χ1v) is 7.72. The minimum absolute atomic E-state index is 0.0571. The Morgan fingerprint density at radius 3 is 2.72 bits per heavy atom. The summed E-state index contributed by atoms with van der Waals surface area (Å²) in [7, 11) is 0. The molecule has 1 aromatic carbocycles. The first kappa shape index (κ1) is 15.3. The lowest BCUT2D eigenvalue weighted by Crippen LogP contribution is -2.22. The van der Waals surface area contributed by atoms with Gasteiger partial charge in [0, 0.05) is 11.1 Å². The minimum atomic E-state index is -0.334. The van der Waals surface area contributed by atoms with E-state index in [1.54, 1.807) is 12.1 Å². The molecule has 7 nitrogen and oxygen atoms in total. The van der Waals surface area contributed by atoms with Gasteiger partial charge in [0.15, 0.2) is 0 Å². The average Bonchev–Trinajstić information content (AvgIpc) is 3.24. The van der Waals surface area contributed by atoms with Crippen LogP contribution in [0.5, 0.6) is 0 Å². The highest BCUT2D eigenvalue weighted by Gasteiger charge is 2.20. The fourth-order valence-electron chi connectivity index (χ4n) is 2.73. The van der Waals surface area contributed by atoms with Gasteiger partial charge in [-0.05, 0) is 30.2 Å². The monoisotopic (exact) mass is 339 g/mol. The molecule has 4 aromatic rings. The van der Waals surface area contributed by atoms with Crippen molar-refractivity contribution < 1.29 is 8.81 Å². The molecule has 0 aliphatic rings. The quantitative estimate of drug-likeness (QED) is 0.620. The molecule has 3 aromatic heterocycles. The first-order valence-electron chi connectivity index (χ1n) is 7.72. The lowest BCUT2D eigenvalue weighted by molar-refractivity contribution is 0.574. The van der Waals surface area contributed by atoms with Crippen molar-refractivity contribution in [3.8, 4) is 22.8 Å². The van der Waals surface area contributed by atoms with Gasteiger partial charge in [-0.15, -0.1) is 0 Å². The number of halogens is 1. The number of oxazole rings is 1. The van der Waals surface area contributed by atoms with E-state index in [0.717, 1.165) is 0 Å². The molecule has 0 fully saturated rings. The summed E-state index contributed by atoms with van der Waals surface area (Å²) < 4.78 is 19.8. The normalized spacial score (nSPS) is 11.5. The third kappa shape index (κ3) is 2.51. The van der Waals surface area contributed by atoms with Gasteiger partial charge in [-0.3, -0.25) is 4.79 Å². The number of H-pyrrole nitrogens is 1. The molecule has 0 unspecified atom stereocenters. The summed E-state index contributed by atoms with van der Waals surface area (Å²) in [4.78, 5) is 24.3. The van der Waals surface area contributed by atoms with Crippen molar-refractivity contribution in [1.82, 2.24) is 24.6 Å². The maximum Gasteiger partial charge on any atom is 0.279 e. The Balaban J connectivity index is 1.89. The van der Waals surface area contributed by atoms with Crippen LogP contribution in [0, 0.1) is 5.82 Å². The third-order valence-corrected chi connectivity index (χ3v) is 3.91. The van der Waals surface area contributed by atoms with Crippen LogP contribution in [-0.4, -0.2) is 24.6 Å². The van der Waals surface area contributed by atoms with E-state index in [0.29, 0.717) is 34.2 Å². The maximum absolute atomic E-state index is 13.1. The molecule has 3 heterocycles. The van der Waals surface area contributed by atoms with Crippen LogP contribution in [0.2, 0.25) is 0 Å². The summed E-state index contributed by atoms with van der Waals surface area (Å²) in [5.74, 6) is 0.278. The van der Waals surface area contributed by atoms with Crippen LogP contribution in [0.15, 0.2) is 46.1 Å². The van der Waals surface area contributed by atoms with Gasteiger partial charge in [-0.25, -0.2) is 9.37 Å². The van der Waals surface area contributed by atoms with Crippen molar-refractivity contribution >= 4 is 5.78 Å². The zero-order valence-corrected chi connectivity index (χ0v) is 13.5. The van der Waals surface area contributed by atoms with Crippen molar-refractivity contribution in [2.45, 2.75) is 19.8 Å². The van der Waals surface area contributed by atoms with E-state index in [-0.39, 0.29) is 17.3 Å². The zero-order valence-electron chi connectivity index (χ0n) is 13.5. The molecule has 0 radical (unpaired) electrons. The Bertz CT molecular complexity index is 1110. The van der Waals surface area contributed by atoms with Crippen molar-refractivity contribution in [2.75, 3.05) is 0 Å². The molecule has 0 bridgehead atoms. The van der Waals surface area contributed by atoms with Crippen LogP contribution in [0.3, 0.4) is 0 Å². The molecule has 126 valence electrons. The molecule has 1 N–H and O–H groups in total. The molecule has 0 aliphatic carbocycles. The number of nitrogens with one attached hydrogen (secondary N) is 1. The highest BCUT2D eigenvalue weighted by atomic mass is 19.1. The predicted molar refractivity (Wildman–Crippen MR) is 88.6 cm³/mol. The van der Waals surface area contributed by atoms with Crippen LogP contribution in [0.25, 0.3) is 28.6 Å². The molecular formula is C17H14FN5O2. The number of hydrogen-bond acceptors (Lipinski definition) is 5. The van der Waals surface area contributed by atoms with Crippen LogP contribution in [-0.2, 0) is 0 Å². The predicted octanol–water partition coefficient (Wildman–Crippen LogP) is 3.00. The Labute approximate surface area is 141 Å². The minimum Gasteiger partial charge on any atom is -0.444 e. The van der Waals surface area contributed by atoms with Gasteiger partial charge >= 0.3 is 0 Å². The summed E-state index contributed by atoms with van der Waals surface area (Å²) in [6.45, 7) is 3.83. The average molecular weight is 339 g/mol. The first-order chi connectivity index (χ1) is 12.0. The Morgan fingerprint density at radius 1 is 1.24 bits per heavy atom. The largest absolute Gasteiger partial charge is 0.444 e. The van der Waals surface area contributed by atoms with Crippen LogP contribution < -0.4 is 5.56 Å². The van der Waals surface area contributed by atoms with Crippen molar-refractivity contribution in [3.63, 3.8) is 0 Å². The number of hydrogen-bond donors (Lipinski definition) is 1. The van der Waals surface area contributed by atoms with Crippen LogP contribution in [0.1, 0.15) is 25.3 Å². The van der Waals surface area contributed by atoms with Crippen molar-refractivity contribution in [3.05, 3.63) is 58.6 Å². The number of aromatic amines is 1. The number of aromatic nitrogens is 5. The standard InChI is InChI=1S/C17H14FN5O2/c1-9(2)13-14(22-17-19-8-20-23(17)16(13)24)12-7-25-15(21-12)10-3-5-11(18)6-4-10/h3-9H,1-2H3,(H,19,20,22). The fourth-order valence-corrected chi connectivity index (χ4v) is 2.73. The second-order valence-corrected chi connectivity index (χ2v) is 5.91. The second-order valence-electron chi connectivity index (χ2n) is 5.91. The van der Waals surface area contributed by atoms with Crippen molar-refractivity contribution in [2.24, 2.45) is 0 Å². The van der Waals surface area contributed by atoms with Crippen LogP contribution in [0.4, 0.5) is 4.39 Å². The van der Waals surface area contributed by atoms with E-state index in [2.05, 4.69) is 20.1 Å². The van der Waals surface area contributed by atoms with Crippen molar-refractivity contribution in [1.29, 1.82) is 0 Å². The fraction of sp³-hybridized carbons (Fsp3) is 0.176. The van der Waals surface area contributed by atoms with E-state index in [4.69, 9.17) is 4.42 Å². The van der Waals surface area contributed by atoms with Gasteiger partial charge in [-0.2, -0.15) is 14.6 Å². The maximum atomic E-state index is 13.1. The molecule has 0 spiro atoms. The van der Waals surface area contributed by atoms with E-state index in [1.807, 2.05) is 13.8 Å². The third-order valence-electron chi connectivity index (χ3n) is 3.91. The van der Waals surface area contributed by atoms with Gasteiger partial charge in [-0.1, -0.05) is 13.8 Å². The van der Waals surface area contributed by atoms with E-state index < -0.39 is 0 Å². The number of rotatable bonds is 3. The number of benzene rings is 1. The number of nitrogens with zero attached hydrogens (tertiary/aromatic N) is 4. The molecule has 0 amide bonds. The van der Waals surface area contributed by atoms with E-state index in [1.165, 1.54) is 29.2 Å². The summed E-state index contributed by atoms with van der Waals surface area (Å²) in [6, 6.07) is 5.84. The lowest BCUT2D eigenvalue weighted by atomic mass is 10.0. The Morgan fingerprint density at radius 2 is 2.00 bits per heavy atom. The Hall–Kier alpha value is -3.29. The molecular weight excluding hydrogens is 325 g/mol. The molecule has 25 heavy (non-hydrogen) atoms. The van der Waals surface area contributed by atoms with E-state index >= 15 is 0 Å². The molecule has 4 rings (SSSR count). The van der Waals surface area contributed by atoms with Gasteiger partial charge in [0.2, 0.25) is 11.7 Å². The van der Waals surface area contributed by atoms with Gasteiger partial charge in [0.05, 0.1) is 5.69 Å². The molecule has 0 aliphatic heterocycles. The van der Waals surface area contributed by atoms with E-state index in [9.17, 15) is 9.18 Å². The van der Waals surface area contributed by atoms with Crippen LogP contribution >= 0.6 is 0 Å². The summed E-state index contributed by atoms with van der Waals surface area (Å²) in [6.07, 6.45) is 2.77. The SMILES string of the molecule is CC(C)c1c(-c2coc(-c3ccc(F)cc3)n2)[nH]c2ncnn2c1=O. The summed E-state index contributed by atoms with van der Waals surface area (Å²) >= 11 is 0. The molecule has 8 heteroatoms.